The van der Waals surface area contributed by atoms with Crippen LogP contribution in [-0.2, 0) is 9.53 Å². The topological polar surface area (TPSA) is 26.3 Å². The van der Waals surface area contributed by atoms with Gasteiger partial charge in [0.05, 0.1) is 5.60 Å². The molecule has 0 aromatic rings. The molecular weight excluding hydrogens is 200 g/mol. The molecule has 0 amide bonds. The van der Waals surface area contributed by atoms with Crippen molar-refractivity contribution < 1.29 is 9.53 Å². The molecule has 0 aromatic heterocycles. The van der Waals surface area contributed by atoms with Gasteiger partial charge in [0.25, 0.3) is 0 Å². The van der Waals surface area contributed by atoms with Crippen molar-refractivity contribution >= 4 is 5.78 Å². The third-order valence-corrected chi connectivity index (χ3v) is 4.24. The molecule has 16 heavy (non-hydrogen) atoms. The van der Waals surface area contributed by atoms with Gasteiger partial charge in [0, 0.05) is 18.9 Å². The highest BCUT2D eigenvalue weighted by atomic mass is 16.5. The van der Waals surface area contributed by atoms with Crippen molar-refractivity contribution in [3.05, 3.63) is 0 Å². The lowest BCUT2D eigenvalue weighted by Gasteiger charge is -2.37. The monoisotopic (exact) mass is 224 g/mol. The highest BCUT2D eigenvalue weighted by Gasteiger charge is 2.41. The summed E-state index contributed by atoms with van der Waals surface area (Å²) in [5.41, 5.74) is 0.102. The van der Waals surface area contributed by atoms with Crippen molar-refractivity contribution in [2.45, 2.75) is 70.3 Å². The molecule has 0 N–H and O–H groups in total. The second kappa shape index (κ2) is 5.31. The van der Waals surface area contributed by atoms with Crippen molar-refractivity contribution in [3.63, 3.8) is 0 Å². The molecule has 1 atom stereocenters. The Balaban J connectivity index is 1.88. The maximum Gasteiger partial charge on any atom is 0.136 e. The molecule has 0 aromatic carbocycles. The standard InChI is InChI=1S/C14H24O2/c1-2-3-6-13(15)12-7-10-16-14(11-12)8-4-5-9-14/h12H,2-11H2,1H3. The van der Waals surface area contributed by atoms with E-state index in [-0.39, 0.29) is 5.60 Å². The van der Waals surface area contributed by atoms with Crippen LogP contribution in [0.4, 0.5) is 0 Å². The van der Waals surface area contributed by atoms with E-state index in [1.54, 1.807) is 0 Å². The second-order valence-electron chi connectivity index (χ2n) is 5.50. The summed E-state index contributed by atoms with van der Waals surface area (Å²) in [7, 11) is 0. The van der Waals surface area contributed by atoms with Crippen LogP contribution in [-0.4, -0.2) is 18.0 Å². The fourth-order valence-corrected chi connectivity index (χ4v) is 3.23. The average Bonchev–Trinajstić information content (AvgIpc) is 2.74. The molecule has 92 valence electrons. The molecule has 1 saturated carbocycles. The van der Waals surface area contributed by atoms with Gasteiger partial charge in [-0.3, -0.25) is 4.79 Å². The largest absolute Gasteiger partial charge is 0.375 e. The Kier molecular flexibility index (Phi) is 4.01. The molecule has 2 aliphatic rings. The summed E-state index contributed by atoms with van der Waals surface area (Å²) in [4.78, 5) is 12.0. The Hall–Kier alpha value is -0.370. The Morgan fingerprint density at radius 2 is 2.12 bits per heavy atom. The molecule has 0 bridgehead atoms. The van der Waals surface area contributed by atoms with Gasteiger partial charge < -0.3 is 4.74 Å². The van der Waals surface area contributed by atoms with E-state index in [1.165, 1.54) is 25.7 Å². The zero-order valence-corrected chi connectivity index (χ0v) is 10.5. The number of ketones is 1. The Bertz CT molecular complexity index is 241. The van der Waals surface area contributed by atoms with E-state index in [1.807, 2.05) is 0 Å². The molecule has 1 heterocycles. The van der Waals surface area contributed by atoms with Crippen LogP contribution in [0.1, 0.15) is 64.7 Å². The van der Waals surface area contributed by atoms with E-state index < -0.39 is 0 Å². The minimum absolute atomic E-state index is 0.102. The lowest BCUT2D eigenvalue weighted by molar-refractivity contribution is -0.136. The van der Waals surface area contributed by atoms with Crippen LogP contribution in [0.15, 0.2) is 0 Å². The molecular formula is C14H24O2. The fraction of sp³-hybridized carbons (Fsp3) is 0.929. The normalized spacial score (nSPS) is 28.4. The van der Waals surface area contributed by atoms with Gasteiger partial charge >= 0.3 is 0 Å². The lowest BCUT2D eigenvalue weighted by Crippen LogP contribution is -2.39. The molecule has 2 rings (SSSR count). The first-order chi connectivity index (χ1) is 7.76. The third-order valence-electron chi connectivity index (χ3n) is 4.24. The molecule has 1 unspecified atom stereocenters. The summed E-state index contributed by atoms with van der Waals surface area (Å²) in [5, 5.41) is 0. The van der Waals surface area contributed by atoms with Crippen molar-refractivity contribution in [1.29, 1.82) is 0 Å². The number of hydrogen-bond donors (Lipinski definition) is 0. The highest BCUT2D eigenvalue weighted by Crippen LogP contribution is 2.42. The minimum atomic E-state index is 0.102. The van der Waals surface area contributed by atoms with Crippen LogP contribution < -0.4 is 0 Å². The summed E-state index contributed by atoms with van der Waals surface area (Å²) in [6, 6.07) is 0. The van der Waals surface area contributed by atoms with Crippen molar-refractivity contribution in [2.75, 3.05) is 6.61 Å². The van der Waals surface area contributed by atoms with Gasteiger partial charge in [0.2, 0.25) is 0 Å². The van der Waals surface area contributed by atoms with E-state index >= 15 is 0 Å². The van der Waals surface area contributed by atoms with Gasteiger partial charge in [-0.15, -0.1) is 0 Å². The third kappa shape index (κ3) is 2.65. The van der Waals surface area contributed by atoms with Crippen molar-refractivity contribution in [1.82, 2.24) is 0 Å². The minimum Gasteiger partial charge on any atom is -0.375 e. The molecule has 1 aliphatic heterocycles. The van der Waals surface area contributed by atoms with Crippen molar-refractivity contribution in [2.24, 2.45) is 5.92 Å². The van der Waals surface area contributed by atoms with Crippen LogP contribution in [0.3, 0.4) is 0 Å². The number of unbranched alkanes of at least 4 members (excludes halogenated alkanes) is 1. The van der Waals surface area contributed by atoms with E-state index in [0.29, 0.717) is 11.7 Å². The Morgan fingerprint density at radius 3 is 2.81 bits per heavy atom. The maximum atomic E-state index is 12.0. The number of carbonyl (C=O) groups excluding carboxylic acids is 1. The van der Waals surface area contributed by atoms with E-state index in [9.17, 15) is 4.79 Å². The number of hydrogen-bond acceptors (Lipinski definition) is 2. The van der Waals surface area contributed by atoms with Crippen LogP contribution >= 0.6 is 0 Å². The summed E-state index contributed by atoms with van der Waals surface area (Å²) in [5.74, 6) is 0.801. The van der Waals surface area contributed by atoms with Gasteiger partial charge in [0.15, 0.2) is 0 Å². The van der Waals surface area contributed by atoms with E-state index in [4.69, 9.17) is 4.74 Å². The van der Waals surface area contributed by atoms with Crippen LogP contribution in [0.2, 0.25) is 0 Å². The molecule has 2 nitrogen and oxygen atoms in total. The first-order valence-electron chi connectivity index (χ1n) is 6.92. The SMILES string of the molecule is CCCCC(=O)C1CCOC2(CCCC2)C1. The number of carbonyl (C=O) groups is 1. The molecule has 2 heteroatoms. The van der Waals surface area contributed by atoms with Crippen LogP contribution in [0.5, 0.6) is 0 Å². The zero-order valence-electron chi connectivity index (χ0n) is 10.5. The van der Waals surface area contributed by atoms with E-state index in [2.05, 4.69) is 6.92 Å². The van der Waals surface area contributed by atoms with Crippen LogP contribution in [0, 0.1) is 5.92 Å². The van der Waals surface area contributed by atoms with Gasteiger partial charge in [0.1, 0.15) is 5.78 Å². The highest BCUT2D eigenvalue weighted by molar-refractivity contribution is 5.81. The van der Waals surface area contributed by atoms with E-state index in [0.717, 1.165) is 38.7 Å². The predicted octanol–water partition coefficient (Wildman–Crippen LogP) is 3.49. The smallest absolute Gasteiger partial charge is 0.136 e. The summed E-state index contributed by atoms with van der Waals surface area (Å²) in [6.45, 7) is 2.96. The van der Waals surface area contributed by atoms with Gasteiger partial charge in [-0.2, -0.15) is 0 Å². The van der Waals surface area contributed by atoms with Gasteiger partial charge in [-0.25, -0.2) is 0 Å². The molecule has 1 aliphatic carbocycles. The number of rotatable bonds is 4. The van der Waals surface area contributed by atoms with Crippen molar-refractivity contribution in [3.8, 4) is 0 Å². The summed E-state index contributed by atoms with van der Waals surface area (Å²) >= 11 is 0. The fourth-order valence-electron chi connectivity index (χ4n) is 3.23. The number of Topliss-reactive ketones (excluding diaryl/α,β-unsaturated/α-hetero) is 1. The Morgan fingerprint density at radius 1 is 1.38 bits per heavy atom. The average molecular weight is 224 g/mol. The summed E-state index contributed by atoms with van der Waals surface area (Å²) < 4.78 is 5.96. The summed E-state index contributed by atoms with van der Waals surface area (Å²) in [6.07, 6.45) is 9.89. The first kappa shape index (κ1) is 12.1. The predicted molar refractivity (Wildman–Crippen MR) is 64.4 cm³/mol. The maximum absolute atomic E-state index is 12.0. The molecule has 1 spiro atoms. The van der Waals surface area contributed by atoms with Gasteiger partial charge in [-0.05, 0) is 32.1 Å². The second-order valence-corrected chi connectivity index (χ2v) is 5.50. The van der Waals surface area contributed by atoms with Gasteiger partial charge in [-0.1, -0.05) is 26.2 Å². The molecule has 0 radical (unpaired) electrons. The first-order valence-corrected chi connectivity index (χ1v) is 6.92. The zero-order chi connectivity index (χ0) is 11.4. The molecule has 1 saturated heterocycles. The Labute approximate surface area is 98.7 Å². The molecule has 2 fully saturated rings. The lowest BCUT2D eigenvalue weighted by atomic mass is 9.81. The van der Waals surface area contributed by atoms with Crippen LogP contribution in [0.25, 0.3) is 0 Å². The quantitative estimate of drug-likeness (QED) is 0.730. The number of ether oxygens (including phenoxy) is 1.